The smallest absolute Gasteiger partial charge is 0.161 e. The Kier molecular flexibility index (Phi) is 5.15. The molecule has 0 heterocycles. The molecule has 0 aliphatic heterocycles. The molecule has 0 saturated carbocycles. The number of ether oxygens (including phenoxy) is 2. The van der Waals surface area contributed by atoms with Gasteiger partial charge in [0.1, 0.15) is 11.1 Å². The number of methoxy groups -OCH3 is 1. The predicted molar refractivity (Wildman–Crippen MR) is 74.5 cm³/mol. The maximum atomic E-state index is 8.88. The van der Waals surface area contributed by atoms with Crippen LogP contribution in [0.5, 0.6) is 11.5 Å². The Morgan fingerprint density at radius 3 is 2.72 bits per heavy atom. The Bertz CT molecular complexity index is 518. The third-order valence-electron chi connectivity index (χ3n) is 2.18. The van der Waals surface area contributed by atoms with Crippen molar-refractivity contribution in [2.75, 3.05) is 13.7 Å². The van der Waals surface area contributed by atoms with Crippen LogP contribution < -0.4 is 15.2 Å². The summed E-state index contributed by atoms with van der Waals surface area (Å²) in [7, 11) is 1.56. The van der Waals surface area contributed by atoms with E-state index in [1.165, 1.54) is 0 Å². The third kappa shape index (κ3) is 3.47. The van der Waals surface area contributed by atoms with Gasteiger partial charge in [0.15, 0.2) is 11.5 Å². The van der Waals surface area contributed by atoms with Gasteiger partial charge in [-0.2, -0.15) is 5.26 Å². The SMILES string of the molecule is CCOc1ccc(/C=C(\C#N)C(N)=S)cc1OC. The first-order valence-corrected chi connectivity index (χ1v) is 5.75. The minimum atomic E-state index is 0.0744. The molecule has 0 aromatic heterocycles. The summed E-state index contributed by atoms with van der Waals surface area (Å²) in [4.78, 5) is 0.0744. The fourth-order valence-electron chi connectivity index (χ4n) is 1.37. The summed E-state index contributed by atoms with van der Waals surface area (Å²) in [6.07, 6.45) is 1.61. The second-order valence-corrected chi connectivity index (χ2v) is 3.82. The number of rotatable bonds is 5. The Morgan fingerprint density at radius 1 is 1.50 bits per heavy atom. The topological polar surface area (TPSA) is 68.3 Å². The zero-order chi connectivity index (χ0) is 13.5. The molecule has 5 heteroatoms. The zero-order valence-corrected chi connectivity index (χ0v) is 11.1. The van der Waals surface area contributed by atoms with E-state index in [9.17, 15) is 0 Å². The molecule has 1 aromatic rings. The van der Waals surface area contributed by atoms with Crippen LogP contribution >= 0.6 is 12.2 Å². The van der Waals surface area contributed by atoms with Crippen molar-refractivity contribution < 1.29 is 9.47 Å². The van der Waals surface area contributed by atoms with Gasteiger partial charge in [-0.1, -0.05) is 18.3 Å². The highest BCUT2D eigenvalue weighted by molar-refractivity contribution is 7.80. The number of benzene rings is 1. The third-order valence-corrected chi connectivity index (χ3v) is 2.40. The summed E-state index contributed by atoms with van der Waals surface area (Å²) < 4.78 is 10.6. The van der Waals surface area contributed by atoms with Gasteiger partial charge in [0.2, 0.25) is 0 Å². The monoisotopic (exact) mass is 262 g/mol. The van der Waals surface area contributed by atoms with E-state index in [1.54, 1.807) is 25.3 Å². The van der Waals surface area contributed by atoms with E-state index in [-0.39, 0.29) is 10.6 Å². The minimum Gasteiger partial charge on any atom is -0.493 e. The van der Waals surface area contributed by atoms with Crippen LogP contribution in [-0.4, -0.2) is 18.7 Å². The van der Waals surface area contributed by atoms with E-state index in [2.05, 4.69) is 0 Å². The summed E-state index contributed by atoms with van der Waals surface area (Å²) in [6, 6.07) is 7.30. The Labute approximate surface area is 112 Å². The normalized spacial score (nSPS) is 10.6. The Morgan fingerprint density at radius 2 is 2.22 bits per heavy atom. The predicted octanol–water partition coefficient (Wildman–Crippen LogP) is 2.29. The average molecular weight is 262 g/mol. The molecule has 4 nitrogen and oxygen atoms in total. The van der Waals surface area contributed by atoms with Gasteiger partial charge in [-0.25, -0.2) is 0 Å². The fourth-order valence-corrected chi connectivity index (χ4v) is 1.48. The Balaban J connectivity index is 3.13. The molecule has 0 aliphatic rings. The van der Waals surface area contributed by atoms with E-state index >= 15 is 0 Å². The van der Waals surface area contributed by atoms with Gasteiger partial charge in [0.25, 0.3) is 0 Å². The number of thiocarbonyl (C=S) groups is 1. The van der Waals surface area contributed by atoms with Crippen LogP contribution in [0.2, 0.25) is 0 Å². The number of hydrogen-bond acceptors (Lipinski definition) is 4. The van der Waals surface area contributed by atoms with Crippen molar-refractivity contribution in [3.63, 3.8) is 0 Å². The van der Waals surface area contributed by atoms with Gasteiger partial charge in [-0.3, -0.25) is 0 Å². The molecule has 2 N–H and O–H groups in total. The number of nitrogens with zero attached hydrogens (tertiary/aromatic N) is 1. The minimum absolute atomic E-state index is 0.0744. The molecular formula is C13H14N2O2S. The fraction of sp³-hybridized carbons (Fsp3) is 0.231. The van der Waals surface area contributed by atoms with Gasteiger partial charge in [-0.05, 0) is 30.7 Å². The van der Waals surface area contributed by atoms with Crippen molar-refractivity contribution >= 4 is 23.3 Å². The van der Waals surface area contributed by atoms with Gasteiger partial charge >= 0.3 is 0 Å². The molecule has 0 spiro atoms. The van der Waals surface area contributed by atoms with E-state index in [0.717, 1.165) is 5.56 Å². The lowest BCUT2D eigenvalue weighted by Crippen LogP contribution is -2.09. The summed E-state index contributed by atoms with van der Waals surface area (Å²) in [5, 5.41) is 8.88. The van der Waals surface area contributed by atoms with Crippen molar-refractivity contribution in [3.8, 4) is 17.6 Å². The summed E-state index contributed by atoms with van der Waals surface area (Å²) in [6.45, 7) is 2.45. The van der Waals surface area contributed by atoms with Crippen molar-refractivity contribution in [1.29, 1.82) is 5.26 Å². The first kappa shape index (κ1) is 14.0. The molecule has 0 aliphatic carbocycles. The average Bonchev–Trinajstić information content (AvgIpc) is 2.37. The van der Waals surface area contributed by atoms with Gasteiger partial charge in [0, 0.05) is 0 Å². The van der Waals surface area contributed by atoms with Crippen molar-refractivity contribution in [2.24, 2.45) is 5.73 Å². The second kappa shape index (κ2) is 6.62. The molecule has 0 radical (unpaired) electrons. The van der Waals surface area contributed by atoms with Gasteiger partial charge in [0.05, 0.1) is 19.3 Å². The first-order valence-electron chi connectivity index (χ1n) is 5.34. The highest BCUT2D eigenvalue weighted by Gasteiger charge is 2.05. The maximum Gasteiger partial charge on any atom is 0.161 e. The lowest BCUT2D eigenvalue weighted by Gasteiger charge is -2.09. The van der Waals surface area contributed by atoms with E-state index < -0.39 is 0 Å². The zero-order valence-electron chi connectivity index (χ0n) is 10.3. The molecule has 1 rings (SSSR count). The van der Waals surface area contributed by atoms with Crippen LogP contribution in [0.3, 0.4) is 0 Å². The van der Waals surface area contributed by atoms with Crippen LogP contribution in [0.15, 0.2) is 23.8 Å². The van der Waals surface area contributed by atoms with Crippen LogP contribution in [0.1, 0.15) is 12.5 Å². The highest BCUT2D eigenvalue weighted by Crippen LogP contribution is 2.28. The highest BCUT2D eigenvalue weighted by atomic mass is 32.1. The standard InChI is InChI=1S/C13H14N2O2S/c1-3-17-11-5-4-9(7-12(11)16-2)6-10(8-14)13(15)18/h4-7H,3H2,1-2H3,(H2,15,18)/b10-6+. The van der Waals surface area contributed by atoms with Crippen molar-refractivity contribution in [2.45, 2.75) is 6.92 Å². The first-order chi connectivity index (χ1) is 8.62. The van der Waals surface area contributed by atoms with Crippen LogP contribution in [-0.2, 0) is 0 Å². The maximum absolute atomic E-state index is 8.88. The van der Waals surface area contributed by atoms with Crippen molar-refractivity contribution in [1.82, 2.24) is 0 Å². The molecule has 0 fully saturated rings. The summed E-state index contributed by atoms with van der Waals surface area (Å²) >= 11 is 4.77. The number of nitrogens with two attached hydrogens (primary N) is 1. The lowest BCUT2D eigenvalue weighted by molar-refractivity contribution is 0.311. The quantitative estimate of drug-likeness (QED) is 0.501. The van der Waals surface area contributed by atoms with Crippen LogP contribution in [0, 0.1) is 11.3 Å². The van der Waals surface area contributed by atoms with E-state index in [4.69, 9.17) is 32.7 Å². The molecule has 1 aromatic carbocycles. The molecule has 0 unspecified atom stereocenters. The molecule has 0 saturated heterocycles. The summed E-state index contributed by atoms with van der Waals surface area (Å²) in [5.41, 5.74) is 6.47. The molecule has 94 valence electrons. The van der Waals surface area contributed by atoms with Crippen LogP contribution in [0.4, 0.5) is 0 Å². The Hall–Kier alpha value is -2.06. The van der Waals surface area contributed by atoms with E-state index in [1.807, 2.05) is 19.1 Å². The summed E-state index contributed by atoms with van der Waals surface area (Å²) in [5.74, 6) is 1.26. The van der Waals surface area contributed by atoms with E-state index in [0.29, 0.717) is 18.1 Å². The molecular weight excluding hydrogens is 248 g/mol. The number of nitriles is 1. The van der Waals surface area contributed by atoms with Crippen molar-refractivity contribution in [3.05, 3.63) is 29.3 Å². The second-order valence-electron chi connectivity index (χ2n) is 3.38. The molecule has 0 bridgehead atoms. The number of hydrogen-bond donors (Lipinski definition) is 1. The van der Waals surface area contributed by atoms with Gasteiger partial charge in [-0.15, -0.1) is 0 Å². The molecule has 0 atom stereocenters. The van der Waals surface area contributed by atoms with Gasteiger partial charge < -0.3 is 15.2 Å². The largest absolute Gasteiger partial charge is 0.493 e. The molecule has 0 amide bonds. The molecule has 18 heavy (non-hydrogen) atoms. The van der Waals surface area contributed by atoms with Crippen LogP contribution in [0.25, 0.3) is 6.08 Å². The lowest BCUT2D eigenvalue weighted by atomic mass is 10.1.